The van der Waals surface area contributed by atoms with Crippen LogP contribution in [0.2, 0.25) is 0 Å². The molecule has 0 bridgehead atoms. The number of ether oxygens (including phenoxy) is 1. The fraction of sp³-hybridized carbons (Fsp3) is 0.316. The molecule has 25 heavy (non-hydrogen) atoms. The molecule has 1 saturated carbocycles. The molecule has 128 valence electrons. The van der Waals surface area contributed by atoms with E-state index in [1.807, 2.05) is 44.3 Å². The van der Waals surface area contributed by atoms with Gasteiger partial charge < -0.3 is 10.1 Å². The van der Waals surface area contributed by atoms with Gasteiger partial charge in [0, 0.05) is 18.7 Å². The van der Waals surface area contributed by atoms with Crippen LogP contribution in [0.25, 0.3) is 22.3 Å². The minimum atomic E-state index is -0.0600. The van der Waals surface area contributed by atoms with Crippen molar-refractivity contribution in [2.24, 2.45) is 7.05 Å². The second-order valence-electron chi connectivity index (χ2n) is 6.44. The fourth-order valence-corrected chi connectivity index (χ4v) is 3.05. The number of methoxy groups -OCH3 is 1. The molecular formula is C19H20N4O2. The molecule has 3 aromatic rings. The summed E-state index contributed by atoms with van der Waals surface area (Å²) < 4.78 is 7.03. The van der Waals surface area contributed by atoms with Gasteiger partial charge in [-0.25, -0.2) is 4.98 Å². The van der Waals surface area contributed by atoms with Crippen molar-refractivity contribution in [3.63, 3.8) is 0 Å². The topological polar surface area (TPSA) is 69.0 Å². The molecule has 4 rings (SSSR count). The van der Waals surface area contributed by atoms with Crippen molar-refractivity contribution in [1.29, 1.82) is 0 Å². The number of pyridine rings is 1. The minimum absolute atomic E-state index is 0.0600. The summed E-state index contributed by atoms with van der Waals surface area (Å²) in [5, 5.41) is 8.33. The Bertz CT molecular complexity index is 973. The maximum Gasteiger partial charge on any atom is 0.252 e. The molecule has 1 aliphatic carbocycles. The van der Waals surface area contributed by atoms with Gasteiger partial charge in [0.05, 0.1) is 29.4 Å². The molecule has 1 aromatic carbocycles. The maximum absolute atomic E-state index is 12.8. The van der Waals surface area contributed by atoms with Crippen LogP contribution in [0, 0.1) is 6.92 Å². The van der Waals surface area contributed by atoms with E-state index < -0.39 is 0 Å². The van der Waals surface area contributed by atoms with E-state index >= 15 is 0 Å². The normalized spacial score (nSPS) is 13.9. The first-order valence-corrected chi connectivity index (χ1v) is 8.36. The average Bonchev–Trinajstić information content (AvgIpc) is 3.39. The van der Waals surface area contributed by atoms with Gasteiger partial charge in [-0.15, -0.1) is 0 Å². The molecule has 0 atom stereocenters. The molecule has 1 N–H and O–H groups in total. The third-order valence-corrected chi connectivity index (χ3v) is 4.49. The van der Waals surface area contributed by atoms with Crippen molar-refractivity contribution in [3.05, 3.63) is 41.6 Å². The second kappa shape index (κ2) is 5.88. The first-order valence-electron chi connectivity index (χ1n) is 8.36. The monoisotopic (exact) mass is 336 g/mol. The number of carbonyl (C=O) groups excluding carboxylic acids is 1. The molecule has 0 aliphatic heterocycles. The number of aromatic nitrogens is 3. The Morgan fingerprint density at radius 2 is 2.12 bits per heavy atom. The molecule has 0 saturated heterocycles. The number of amides is 1. The van der Waals surface area contributed by atoms with Crippen molar-refractivity contribution in [1.82, 2.24) is 20.1 Å². The third-order valence-electron chi connectivity index (χ3n) is 4.49. The quantitative estimate of drug-likeness (QED) is 0.795. The Kier molecular flexibility index (Phi) is 3.67. The number of benzene rings is 1. The van der Waals surface area contributed by atoms with E-state index in [9.17, 15) is 4.79 Å². The number of carbonyl (C=O) groups is 1. The molecule has 0 radical (unpaired) electrons. The number of fused-ring (bicyclic) bond motifs is 1. The van der Waals surface area contributed by atoms with Crippen molar-refractivity contribution in [2.45, 2.75) is 25.8 Å². The largest absolute Gasteiger partial charge is 0.497 e. The number of nitrogens with zero attached hydrogens (tertiary/aromatic N) is 3. The molecular weight excluding hydrogens is 316 g/mol. The zero-order valence-electron chi connectivity index (χ0n) is 14.5. The lowest BCUT2D eigenvalue weighted by Crippen LogP contribution is -2.25. The minimum Gasteiger partial charge on any atom is -0.497 e. The molecule has 0 spiro atoms. The van der Waals surface area contributed by atoms with Gasteiger partial charge in [0.2, 0.25) is 0 Å². The average molecular weight is 336 g/mol. The molecule has 2 aromatic heterocycles. The summed E-state index contributed by atoms with van der Waals surface area (Å²) in [7, 11) is 3.48. The molecule has 2 heterocycles. The molecule has 1 fully saturated rings. The summed E-state index contributed by atoms with van der Waals surface area (Å²) in [6, 6.07) is 9.83. The van der Waals surface area contributed by atoms with Crippen molar-refractivity contribution in [2.75, 3.05) is 7.11 Å². The van der Waals surface area contributed by atoms with Crippen LogP contribution in [0.4, 0.5) is 0 Å². The highest BCUT2D eigenvalue weighted by molar-refractivity contribution is 6.07. The predicted octanol–water partition coefficient (Wildman–Crippen LogP) is 2.84. The van der Waals surface area contributed by atoms with E-state index in [-0.39, 0.29) is 5.91 Å². The zero-order chi connectivity index (χ0) is 17.6. The van der Waals surface area contributed by atoms with E-state index in [1.54, 1.807) is 11.8 Å². The smallest absolute Gasteiger partial charge is 0.252 e. The van der Waals surface area contributed by atoms with Crippen molar-refractivity contribution >= 4 is 16.9 Å². The number of nitrogens with one attached hydrogen (secondary N) is 1. The van der Waals surface area contributed by atoms with Gasteiger partial charge in [0.25, 0.3) is 5.91 Å². The maximum atomic E-state index is 12.8. The molecule has 0 unspecified atom stereocenters. The van der Waals surface area contributed by atoms with E-state index in [2.05, 4.69) is 10.4 Å². The van der Waals surface area contributed by atoms with Crippen LogP contribution in [-0.2, 0) is 7.05 Å². The Morgan fingerprint density at radius 3 is 2.84 bits per heavy atom. The number of rotatable bonds is 4. The van der Waals surface area contributed by atoms with Gasteiger partial charge in [0.1, 0.15) is 5.75 Å². The number of hydrogen-bond donors (Lipinski definition) is 1. The van der Waals surface area contributed by atoms with Crippen LogP contribution >= 0.6 is 0 Å². The van der Waals surface area contributed by atoms with Crippen LogP contribution in [0.5, 0.6) is 5.75 Å². The van der Waals surface area contributed by atoms with E-state index in [1.165, 1.54) is 0 Å². The first kappa shape index (κ1) is 15.6. The fourth-order valence-electron chi connectivity index (χ4n) is 3.05. The summed E-state index contributed by atoms with van der Waals surface area (Å²) in [4.78, 5) is 17.5. The summed E-state index contributed by atoms with van der Waals surface area (Å²) >= 11 is 0. The molecule has 1 amide bonds. The van der Waals surface area contributed by atoms with E-state index in [0.717, 1.165) is 40.9 Å². The Morgan fingerprint density at radius 1 is 1.32 bits per heavy atom. The van der Waals surface area contributed by atoms with Crippen molar-refractivity contribution < 1.29 is 9.53 Å². The summed E-state index contributed by atoms with van der Waals surface area (Å²) in [5.74, 6) is 0.694. The van der Waals surface area contributed by atoms with Gasteiger partial charge in [0.15, 0.2) is 5.65 Å². The Labute approximate surface area is 145 Å². The molecule has 6 heteroatoms. The van der Waals surface area contributed by atoms with Crippen molar-refractivity contribution in [3.8, 4) is 17.0 Å². The summed E-state index contributed by atoms with van der Waals surface area (Å²) in [6.45, 7) is 1.91. The van der Waals surface area contributed by atoms with E-state index in [0.29, 0.717) is 17.3 Å². The lowest BCUT2D eigenvalue weighted by atomic mass is 10.0. The van der Waals surface area contributed by atoms with Crippen LogP contribution < -0.4 is 10.1 Å². The van der Waals surface area contributed by atoms with Gasteiger partial charge in [-0.1, -0.05) is 12.1 Å². The number of hydrogen-bond acceptors (Lipinski definition) is 4. The van der Waals surface area contributed by atoms with Gasteiger partial charge in [-0.2, -0.15) is 5.10 Å². The Hall–Kier alpha value is -2.89. The predicted molar refractivity (Wildman–Crippen MR) is 95.7 cm³/mol. The molecule has 1 aliphatic rings. The van der Waals surface area contributed by atoms with Gasteiger partial charge in [-0.3, -0.25) is 9.48 Å². The highest BCUT2D eigenvalue weighted by Crippen LogP contribution is 2.29. The van der Waals surface area contributed by atoms with Crippen LogP contribution in [-0.4, -0.2) is 33.8 Å². The highest BCUT2D eigenvalue weighted by atomic mass is 16.5. The standard InChI is InChI=1S/C19H20N4O2/c1-11-17-15(19(24)20-13-7-8-13)10-16(21-18(17)23(2)22-11)12-5-4-6-14(9-12)25-3/h4-6,9-10,13H,7-8H2,1-3H3,(H,20,24). The number of aryl methyl sites for hydroxylation is 2. The molecule has 6 nitrogen and oxygen atoms in total. The van der Waals surface area contributed by atoms with Crippen LogP contribution in [0.1, 0.15) is 28.9 Å². The summed E-state index contributed by atoms with van der Waals surface area (Å²) in [5.41, 5.74) is 3.78. The Balaban J connectivity index is 1.90. The van der Waals surface area contributed by atoms with E-state index in [4.69, 9.17) is 9.72 Å². The van der Waals surface area contributed by atoms with Gasteiger partial charge >= 0.3 is 0 Å². The zero-order valence-corrected chi connectivity index (χ0v) is 14.5. The van der Waals surface area contributed by atoms with Crippen LogP contribution in [0.3, 0.4) is 0 Å². The lowest BCUT2D eigenvalue weighted by Gasteiger charge is -2.09. The van der Waals surface area contributed by atoms with Crippen LogP contribution in [0.15, 0.2) is 30.3 Å². The third kappa shape index (κ3) is 2.84. The lowest BCUT2D eigenvalue weighted by molar-refractivity contribution is 0.0952. The second-order valence-corrected chi connectivity index (χ2v) is 6.44. The van der Waals surface area contributed by atoms with Gasteiger partial charge in [-0.05, 0) is 38.0 Å². The highest BCUT2D eigenvalue weighted by Gasteiger charge is 2.26. The SMILES string of the molecule is COc1cccc(-c2cc(C(=O)NC3CC3)c3c(C)nn(C)c3n2)c1. The first-order chi connectivity index (χ1) is 12.1. The summed E-state index contributed by atoms with van der Waals surface area (Å²) in [6.07, 6.45) is 2.10.